The van der Waals surface area contributed by atoms with Crippen molar-refractivity contribution in [3.05, 3.63) is 28.2 Å². The number of anilines is 1. The van der Waals surface area contributed by atoms with Gasteiger partial charge in [-0.25, -0.2) is 4.79 Å². The van der Waals surface area contributed by atoms with E-state index in [0.717, 1.165) is 0 Å². The molecule has 1 aliphatic heterocycles. The topological polar surface area (TPSA) is 69.6 Å². The summed E-state index contributed by atoms with van der Waals surface area (Å²) in [5, 5.41) is 12.6. The number of urea groups is 1. The Hall–Kier alpha value is -1.46. The molecule has 0 saturated carbocycles. The molecule has 0 bridgehead atoms. The van der Waals surface area contributed by atoms with Gasteiger partial charge in [0.15, 0.2) is 0 Å². The number of hydrogen-bond acceptors (Lipinski definition) is 2. The Kier molecular flexibility index (Phi) is 4.96. The van der Waals surface area contributed by atoms with Crippen LogP contribution in [0.25, 0.3) is 0 Å². The van der Waals surface area contributed by atoms with E-state index in [-0.39, 0.29) is 18.5 Å². The molecular formula is C14H16Cl2N2O3. The number of rotatable bonds is 2. The molecule has 0 radical (unpaired) electrons. The number of hydrogen-bond donors (Lipinski definition) is 2. The highest BCUT2D eigenvalue weighted by atomic mass is 35.5. The number of carbonyl (C=O) groups excluding carboxylic acids is 1. The van der Waals surface area contributed by atoms with Crippen LogP contribution in [0.2, 0.25) is 10.0 Å². The quantitative estimate of drug-likeness (QED) is 0.870. The van der Waals surface area contributed by atoms with Gasteiger partial charge < -0.3 is 15.3 Å². The van der Waals surface area contributed by atoms with E-state index in [1.807, 2.05) is 6.92 Å². The molecule has 114 valence electrons. The van der Waals surface area contributed by atoms with Gasteiger partial charge in [-0.15, -0.1) is 0 Å². The van der Waals surface area contributed by atoms with Crippen molar-refractivity contribution in [2.24, 2.45) is 11.8 Å². The van der Waals surface area contributed by atoms with Crippen molar-refractivity contribution in [3.63, 3.8) is 0 Å². The zero-order chi connectivity index (χ0) is 15.6. The summed E-state index contributed by atoms with van der Waals surface area (Å²) in [7, 11) is 0. The van der Waals surface area contributed by atoms with Crippen molar-refractivity contribution in [2.75, 3.05) is 18.4 Å². The summed E-state index contributed by atoms with van der Waals surface area (Å²) < 4.78 is 0. The predicted molar refractivity (Wildman–Crippen MR) is 82.0 cm³/mol. The van der Waals surface area contributed by atoms with Crippen molar-refractivity contribution in [2.45, 2.75) is 13.3 Å². The van der Waals surface area contributed by atoms with E-state index >= 15 is 0 Å². The first-order valence-electron chi connectivity index (χ1n) is 6.60. The normalized spacial score (nSPS) is 22.0. The fraction of sp³-hybridized carbons (Fsp3) is 0.429. The Bertz CT molecular complexity index is 565. The summed E-state index contributed by atoms with van der Waals surface area (Å²) in [5.74, 6) is -1.23. The molecule has 0 spiro atoms. The Morgan fingerprint density at radius 1 is 1.29 bits per heavy atom. The number of carboxylic acid groups (broad SMARTS) is 1. The first kappa shape index (κ1) is 15.9. The molecule has 1 fully saturated rings. The standard InChI is InChI=1S/C14H16Cl2N2O3/c1-8-4-9(13(19)20)7-18(6-8)14(21)17-10-2-3-11(15)12(16)5-10/h2-3,5,8-9H,4,6-7H2,1H3,(H,17,21)(H,19,20). The van der Waals surface area contributed by atoms with Gasteiger partial charge >= 0.3 is 12.0 Å². The van der Waals surface area contributed by atoms with Crippen LogP contribution < -0.4 is 5.32 Å². The lowest BCUT2D eigenvalue weighted by Crippen LogP contribution is -2.47. The van der Waals surface area contributed by atoms with Crippen LogP contribution in [0, 0.1) is 11.8 Å². The van der Waals surface area contributed by atoms with Crippen LogP contribution in [-0.4, -0.2) is 35.1 Å². The molecule has 1 aromatic rings. The average Bonchev–Trinajstić information content (AvgIpc) is 2.42. The minimum atomic E-state index is -0.867. The third-order valence-corrected chi connectivity index (χ3v) is 4.21. The predicted octanol–water partition coefficient (Wildman–Crippen LogP) is 3.57. The van der Waals surface area contributed by atoms with Crippen LogP contribution in [0.15, 0.2) is 18.2 Å². The largest absolute Gasteiger partial charge is 0.481 e. The lowest BCUT2D eigenvalue weighted by molar-refractivity contribution is -0.143. The highest BCUT2D eigenvalue weighted by Crippen LogP contribution is 2.26. The molecule has 2 N–H and O–H groups in total. The number of carboxylic acids is 1. The molecule has 21 heavy (non-hydrogen) atoms. The first-order valence-corrected chi connectivity index (χ1v) is 7.36. The number of likely N-dealkylation sites (tertiary alicyclic amines) is 1. The molecule has 1 heterocycles. The molecule has 0 aliphatic carbocycles. The molecule has 1 aliphatic rings. The molecule has 1 saturated heterocycles. The maximum atomic E-state index is 12.2. The number of nitrogens with one attached hydrogen (secondary N) is 1. The minimum Gasteiger partial charge on any atom is -0.481 e. The fourth-order valence-corrected chi connectivity index (χ4v) is 2.77. The van der Waals surface area contributed by atoms with E-state index in [1.54, 1.807) is 18.2 Å². The molecule has 2 rings (SSSR count). The molecule has 2 unspecified atom stereocenters. The molecule has 7 heteroatoms. The van der Waals surface area contributed by atoms with E-state index in [9.17, 15) is 9.59 Å². The molecule has 1 aromatic carbocycles. The van der Waals surface area contributed by atoms with E-state index in [4.69, 9.17) is 28.3 Å². The summed E-state index contributed by atoms with van der Waals surface area (Å²) >= 11 is 11.7. The van der Waals surface area contributed by atoms with Crippen LogP contribution in [-0.2, 0) is 4.79 Å². The Labute approximate surface area is 132 Å². The second-order valence-electron chi connectivity index (χ2n) is 5.34. The lowest BCUT2D eigenvalue weighted by atomic mass is 9.91. The van der Waals surface area contributed by atoms with Crippen molar-refractivity contribution < 1.29 is 14.7 Å². The van der Waals surface area contributed by atoms with Crippen LogP contribution in [0.4, 0.5) is 10.5 Å². The van der Waals surface area contributed by atoms with Gasteiger partial charge in [-0.2, -0.15) is 0 Å². The molecule has 2 amide bonds. The van der Waals surface area contributed by atoms with Gasteiger partial charge in [0.1, 0.15) is 0 Å². The van der Waals surface area contributed by atoms with E-state index < -0.39 is 11.9 Å². The van der Waals surface area contributed by atoms with Gasteiger partial charge in [-0.05, 0) is 30.5 Å². The van der Waals surface area contributed by atoms with E-state index in [2.05, 4.69) is 5.32 Å². The second-order valence-corrected chi connectivity index (χ2v) is 6.15. The molecule has 2 atom stereocenters. The van der Waals surface area contributed by atoms with Crippen molar-refractivity contribution in [1.82, 2.24) is 4.90 Å². The number of benzene rings is 1. The molecule has 0 aromatic heterocycles. The van der Waals surface area contributed by atoms with Gasteiger partial charge in [0.05, 0.1) is 16.0 Å². The summed E-state index contributed by atoms with van der Waals surface area (Å²) in [5.41, 5.74) is 0.527. The van der Waals surface area contributed by atoms with Crippen LogP contribution in [0.5, 0.6) is 0 Å². The zero-order valence-electron chi connectivity index (χ0n) is 11.5. The second kappa shape index (κ2) is 6.54. The van der Waals surface area contributed by atoms with E-state index in [0.29, 0.717) is 28.7 Å². The van der Waals surface area contributed by atoms with E-state index in [1.165, 1.54) is 4.90 Å². The molecular weight excluding hydrogens is 315 g/mol. The van der Waals surface area contributed by atoms with Crippen molar-refractivity contribution in [3.8, 4) is 0 Å². The third-order valence-electron chi connectivity index (χ3n) is 3.47. The Morgan fingerprint density at radius 2 is 2.00 bits per heavy atom. The number of halogens is 2. The number of aliphatic carboxylic acids is 1. The van der Waals surface area contributed by atoms with Gasteiger partial charge in [0, 0.05) is 18.8 Å². The van der Waals surface area contributed by atoms with Crippen LogP contribution >= 0.6 is 23.2 Å². The van der Waals surface area contributed by atoms with Gasteiger partial charge in [-0.1, -0.05) is 30.1 Å². The van der Waals surface area contributed by atoms with Crippen molar-refractivity contribution in [1.29, 1.82) is 0 Å². The summed E-state index contributed by atoms with van der Waals surface area (Å²) in [6.45, 7) is 2.69. The number of piperidine rings is 1. The number of carbonyl (C=O) groups is 2. The maximum Gasteiger partial charge on any atom is 0.321 e. The number of amides is 2. The van der Waals surface area contributed by atoms with Crippen LogP contribution in [0.3, 0.4) is 0 Å². The van der Waals surface area contributed by atoms with Gasteiger partial charge in [-0.3, -0.25) is 4.79 Å². The van der Waals surface area contributed by atoms with Crippen LogP contribution in [0.1, 0.15) is 13.3 Å². The third kappa shape index (κ3) is 4.02. The highest BCUT2D eigenvalue weighted by molar-refractivity contribution is 6.42. The number of nitrogens with zero attached hydrogens (tertiary/aromatic N) is 1. The zero-order valence-corrected chi connectivity index (χ0v) is 13.0. The monoisotopic (exact) mass is 330 g/mol. The SMILES string of the molecule is CC1CC(C(=O)O)CN(C(=O)Nc2ccc(Cl)c(Cl)c2)C1. The van der Waals surface area contributed by atoms with Gasteiger partial charge in [0.2, 0.25) is 0 Å². The molecule has 5 nitrogen and oxygen atoms in total. The maximum absolute atomic E-state index is 12.2. The lowest BCUT2D eigenvalue weighted by Gasteiger charge is -2.34. The fourth-order valence-electron chi connectivity index (χ4n) is 2.47. The van der Waals surface area contributed by atoms with Gasteiger partial charge in [0.25, 0.3) is 0 Å². The Balaban J connectivity index is 2.05. The highest BCUT2D eigenvalue weighted by Gasteiger charge is 2.31. The minimum absolute atomic E-state index is 0.152. The summed E-state index contributed by atoms with van der Waals surface area (Å²) in [4.78, 5) is 24.9. The first-order chi connectivity index (χ1) is 9.86. The van der Waals surface area contributed by atoms with Crippen molar-refractivity contribution >= 4 is 40.9 Å². The average molecular weight is 331 g/mol. The Morgan fingerprint density at radius 3 is 2.62 bits per heavy atom. The summed E-state index contributed by atoms with van der Waals surface area (Å²) in [6.07, 6.45) is 0.589. The summed E-state index contributed by atoms with van der Waals surface area (Å²) in [6, 6.07) is 4.47. The smallest absolute Gasteiger partial charge is 0.321 e.